The molecule has 156 valence electrons. The van der Waals surface area contributed by atoms with Crippen molar-refractivity contribution in [3.05, 3.63) is 53.6 Å². The highest BCUT2D eigenvalue weighted by Crippen LogP contribution is 2.33. The molecule has 0 bridgehead atoms. The summed E-state index contributed by atoms with van der Waals surface area (Å²) in [7, 11) is 0. The van der Waals surface area contributed by atoms with Crippen LogP contribution in [0.1, 0.15) is 43.7 Å². The van der Waals surface area contributed by atoms with Gasteiger partial charge in [0.15, 0.2) is 11.5 Å². The fourth-order valence-electron chi connectivity index (χ4n) is 4.04. The maximum absolute atomic E-state index is 13.3. The van der Waals surface area contributed by atoms with Crippen LogP contribution in [0.2, 0.25) is 0 Å². The number of carbonyl (C=O) groups excluding carboxylic acids is 1. The Morgan fingerprint density at radius 1 is 1.07 bits per heavy atom. The highest BCUT2D eigenvalue weighted by atomic mass is 16.7. The quantitative estimate of drug-likeness (QED) is 0.644. The smallest absolute Gasteiger partial charge is 0.231 e. The third kappa shape index (κ3) is 4.88. The lowest BCUT2D eigenvalue weighted by atomic mass is 10.1. The number of amides is 1. The molecule has 5 nitrogen and oxygen atoms in total. The summed E-state index contributed by atoms with van der Waals surface area (Å²) in [6, 6.07) is 14.0. The van der Waals surface area contributed by atoms with E-state index in [1.54, 1.807) is 6.92 Å². The van der Waals surface area contributed by atoms with Gasteiger partial charge >= 0.3 is 0 Å². The van der Waals surface area contributed by atoms with E-state index < -0.39 is 0 Å². The topological polar surface area (TPSA) is 48.0 Å². The highest BCUT2D eigenvalue weighted by molar-refractivity contribution is 5.79. The third-order valence-corrected chi connectivity index (χ3v) is 5.64. The van der Waals surface area contributed by atoms with Crippen molar-refractivity contribution in [2.24, 2.45) is 0 Å². The Kier molecular flexibility index (Phi) is 6.44. The summed E-state index contributed by atoms with van der Waals surface area (Å²) in [6.07, 6.45) is 4.88. The first-order valence-corrected chi connectivity index (χ1v) is 10.5. The number of benzene rings is 2. The molecule has 4 rings (SSSR count). The van der Waals surface area contributed by atoms with Crippen molar-refractivity contribution in [2.75, 3.05) is 13.4 Å². The first kappa shape index (κ1) is 20.2. The van der Waals surface area contributed by atoms with Crippen molar-refractivity contribution >= 4 is 5.91 Å². The van der Waals surface area contributed by atoms with Gasteiger partial charge in [0.05, 0.1) is 6.42 Å². The molecule has 1 aliphatic carbocycles. The second-order valence-electron chi connectivity index (χ2n) is 7.68. The summed E-state index contributed by atoms with van der Waals surface area (Å²) in [6.45, 7) is 3.04. The zero-order valence-corrected chi connectivity index (χ0v) is 17.4. The van der Waals surface area contributed by atoms with E-state index in [2.05, 4.69) is 16.7 Å². The Morgan fingerprint density at radius 2 is 1.80 bits per heavy atom. The van der Waals surface area contributed by atoms with Gasteiger partial charge in [0.25, 0.3) is 0 Å². The van der Waals surface area contributed by atoms with Gasteiger partial charge in [-0.1, -0.05) is 37.0 Å². The number of rotatable bonds is 7. The normalized spacial score (nSPS) is 14.8. The van der Waals surface area contributed by atoms with Crippen LogP contribution >= 0.6 is 0 Å². The number of ether oxygens (including phenoxy) is 3. The molecule has 0 N–H and O–H groups in total. The van der Waals surface area contributed by atoms with Crippen LogP contribution in [0.5, 0.6) is 17.2 Å². The molecule has 5 heteroatoms. The molecule has 2 aliphatic rings. The van der Waals surface area contributed by atoms with E-state index in [0.717, 1.165) is 41.2 Å². The molecule has 0 spiro atoms. The van der Waals surface area contributed by atoms with Gasteiger partial charge in [0, 0.05) is 12.6 Å². The SMILES string of the molecule is CC#CCOc1ccc(CN(C(=O)Cc2ccc3c(c2)OCO3)C2CCCC2)cc1. The largest absolute Gasteiger partial charge is 0.481 e. The summed E-state index contributed by atoms with van der Waals surface area (Å²) >= 11 is 0. The van der Waals surface area contributed by atoms with Gasteiger partial charge in [0.1, 0.15) is 12.4 Å². The van der Waals surface area contributed by atoms with Crippen molar-refractivity contribution < 1.29 is 19.0 Å². The molecular formula is C25H27NO4. The van der Waals surface area contributed by atoms with E-state index in [1.165, 1.54) is 12.8 Å². The molecule has 1 amide bonds. The van der Waals surface area contributed by atoms with Crippen LogP contribution < -0.4 is 14.2 Å². The van der Waals surface area contributed by atoms with Crippen molar-refractivity contribution in [2.45, 2.75) is 51.6 Å². The molecule has 0 unspecified atom stereocenters. The van der Waals surface area contributed by atoms with Gasteiger partial charge < -0.3 is 19.1 Å². The summed E-state index contributed by atoms with van der Waals surface area (Å²) < 4.78 is 16.4. The van der Waals surface area contributed by atoms with Crippen molar-refractivity contribution in [3.63, 3.8) is 0 Å². The number of hydrogen-bond acceptors (Lipinski definition) is 4. The first-order chi connectivity index (χ1) is 14.7. The number of hydrogen-bond donors (Lipinski definition) is 0. The lowest BCUT2D eigenvalue weighted by Crippen LogP contribution is -2.39. The zero-order chi connectivity index (χ0) is 20.8. The molecule has 0 atom stereocenters. The third-order valence-electron chi connectivity index (χ3n) is 5.64. The Balaban J connectivity index is 1.44. The van der Waals surface area contributed by atoms with E-state index in [-0.39, 0.29) is 12.7 Å². The van der Waals surface area contributed by atoms with Gasteiger partial charge in [-0.2, -0.15) is 0 Å². The van der Waals surface area contributed by atoms with Crippen molar-refractivity contribution in [1.29, 1.82) is 0 Å². The summed E-state index contributed by atoms with van der Waals surface area (Å²) in [5.74, 6) is 8.12. The maximum atomic E-state index is 13.3. The van der Waals surface area contributed by atoms with Crippen LogP contribution in [0, 0.1) is 11.8 Å². The van der Waals surface area contributed by atoms with Gasteiger partial charge in [-0.15, -0.1) is 5.92 Å². The lowest BCUT2D eigenvalue weighted by molar-refractivity contribution is -0.133. The monoisotopic (exact) mass is 405 g/mol. The lowest BCUT2D eigenvalue weighted by Gasteiger charge is -2.29. The van der Waals surface area contributed by atoms with Crippen LogP contribution in [0.4, 0.5) is 0 Å². The van der Waals surface area contributed by atoms with E-state index in [0.29, 0.717) is 25.6 Å². The summed E-state index contributed by atoms with van der Waals surface area (Å²) in [5.41, 5.74) is 2.06. The van der Waals surface area contributed by atoms with Crippen LogP contribution in [0.25, 0.3) is 0 Å². The number of nitrogens with zero attached hydrogens (tertiary/aromatic N) is 1. The molecule has 1 heterocycles. The minimum absolute atomic E-state index is 0.152. The average molecular weight is 405 g/mol. The molecule has 2 aromatic rings. The minimum atomic E-state index is 0.152. The van der Waals surface area contributed by atoms with Crippen molar-refractivity contribution in [3.8, 4) is 29.1 Å². The van der Waals surface area contributed by atoms with Crippen LogP contribution in [-0.2, 0) is 17.8 Å². The zero-order valence-electron chi connectivity index (χ0n) is 17.4. The fourth-order valence-corrected chi connectivity index (χ4v) is 4.04. The minimum Gasteiger partial charge on any atom is -0.481 e. The van der Waals surface area contributed by atoms with E-state index in [9.17, 15) is 4.79 Å². The van der Waals surface area contributed by atoms with Crippen LogP contribution in [0.15, 0.2) is 42.5 Å². The van der Waals surface area contributed by atoms with Crippen molar-refractivity contribution in [1.82, 2.24) is 4.90 Å². The Bertz CT molecular complexity index is 936. The average Bonchev–Trinajstić information content (AvgIpc) is 3.45. The standard InChI is InChI=1S/C25H27NO4/c1-2-3-14-28-22-11-8-19(9-12-22)17-26(21-6-4-5-7-21)25(27)16-20-10-13-23-24(15-20)30-18-29-23/h8-13,15,21H,4-7,14,16-18H2,1H3. The predicted octanol–water partition coefficient (Wildman–Crippen LogP) is 4.33. The second kappa shape index (κ2) is 9.58. The Hall–Kier alpha value is -3.13. The van der Waals surface area contributed by atoms with Gasteiger partial charge in [-0.3, -0.25) is 4.79 Å². The Morgan fingerprint density at radius 3 is 2.57 bits per heavy atom. The van der Waals surface area contributed by atoms with E-state index in [1.807, 2.05) is 42.5 Å². The molecule has 30 heavy (non-hydrogen) atoms. The highest BCUT2D eigenvalue weighted by Gasteiger charge is 2.27. The molecule has 2 aromatic carbocycles. The van der Waals surface area contributed by atoms with E-state index >= 15 is 0 Å². The van der Waals surface area contributed by atoms with Crippen LogP contribution in [0.3, 0.4) is 0 Å². The summed E-state index contributed by atoms with van der Waals surface area (Å²) in [4.78, 5) is 15.3. The first-order valence-electron chi connectivity index (χ1n) is 10.5. The molecule has 1 saturated carbocycles. The molecule has 0 aromatic heterocycles. The molecule has 1 aliphatic heterocycles. The predicted molar refractivity (Wildman–Crippen MR) is 114 cm³/mol. The number of fused-ring (bicyclic) bond motifs is 1. The Labute approximate surface area is 177 Å². The second-order valence-corrected chi connectivity index (χ2v) is 7.68. The molecule has 0 saturated heterocycles. The van der Waals surface area contributed by atoms with Gasteiger partial charge in [-0.05, 0) is 55.2 Å². The number of carbonyl (C=O) groups is 1. The fraction of sp³-hybridized carbons (Fsp3) is 0.400. The molecule has 1 fully saturated rings. The van der Waals surface area contributed by atoms with Crippen LogP contribution in [-0.4, -0.2) is 30.2 Å². The van der Waals surface area contributed by atoms with E-state index in [4.69, 9.17) is 14.2 Å². The van der Waals surface area contributed by atoms with Gasteiger partial charge in [0.2, 0.25) is 12.7 Å². The summed E-state index contributed by atoms with van der Waals surface area (Å²) in [5, 5.41) is 0. The maximum Gasteiger partial charge on any atom is 0.231 e. The van der Waals surface area contributed by atoms with Gasteiger partial charge in [-0.25, -0.2) is 0 Å². The molecule has 0 radical (unpaired) electrons. The molecular weight excluding hydrogens is 378 g/mol.